The Morgan fingerprint density at radius 3 is 2.52 bits per heavy atom. The molecule has 0 saturated carbocycles. The van der Waals surface area contributed by atoms with Crippen LogP contribution in [0.3, 0.4) is 0 Å². The molecule has 0 aliphatic heterocycles. The molecule has 0 radical (unpaired) electrons. The van der Waals surface area contributed by atoms with E-state index in [2.05, 4.69) is 15.9 Å². The maximum absolute atomic E-state index is 11.0. The molecule has 0 aromatic heterocycles. The minimum absolute atomic E-state index is 0.209. The third-order valence-electron chi connectivity index (χ3n) is 3.10. The molecule has 4 heteroatoms. The number of ketones is 1. The van der Waals surface area contributed by atoms with Crippen molar-refractivity contribution in [3.05, 3.63) is 63.1 Å². The zero-order chi connectivity index (χ0) is 15.2. The molecule has 0 unspecified atom stereocenters. The van der Waals surface area contributed by atoms with Crippen LogP contribution in [0.4, 0.5) is 0 Å². The van der Waals surface area contributed by atoms with Crippen molar-refractivity contribution in [1.82, 2.24) is 0 Å². The summed E-state index contributed by atoms with van der Waals surface area (Å²) in [5, 5.41) is 0.683. The fraction of sp³-hybridized carbons (Fsp3) is 0.235. The SMILES string of the molecule is CC(=O)CCc1ccc(OCc2ccc(Br)cc2Cl)cc1. The van der Waals surface area contributed by atoms with Crippen LogP contribution in [0.15, 0.2) is 46.9 Å². The highest BCUT2D eigenvalue weighted by molar-refractivity contribution is 9.10. The van der Waals surface area contributed by atoms with Crippen LogP contribution in [0, 0.1) is 0 Å². The minimum Gasteiger partial charge on any atom is -0.489 e. The predicted octanol–water partition coefficient (Wildman–Crippen LogP) is 5.20. The number of halogens is 2. The second kappa shape index (κ2) is 7.62. The van der Waals surface area contributed by atoms with Crippen molar-refractivity contribution >= 4 is 33.3 Å². The molecule has 0 heterocycles. The van der Waals surface area contributed by atoms with Gasteiger partial charge in [0.2, 0.25) is 0 Å². The number of benzene rings is 2. The largest absolute Gasteiger partial charge is 0.489 e. The van der Waals surface area contributed by atoms with Crippen LogP contribution in [-0.2, 0) is 17.8 Å². The van der Waals surface area contributed by atoms with Gasteiger partial charge in [0.05, 0.1) is 0 Å². The van der Waals surface area contributed by atoms with Gasteiger partial charge in [0, 0.05) is 21.5 Å². The maximum Gasteiger partial charge on any atom is 0.130 e. The summed E-state index contributed by atoms with van der Waals surface area (Å²) in [7, 11) is 0. The van der Waals surface area contributed by atoms with Crippen LogP contribution in [0.2, 0.25) is 5.02 Å². The highest BCUT2D eigenvalue weighted by Crippen LogP contribution is 2.23. The first-order valence-corrected chi connectivity index (χ1v) is 7.87. The van der Waals surface area contributed by atoms with Gasteiger partial charge in [-0.05, 0) is 43.2 Å². The molecule has 0 N–H and O–H groups in total. The van der Waals surface area contributed by atoms with E-state index in [1.165, 1.54) is 0 Å². The third-order valence-corrected chi connectivity index (χ3v) is 3.94. The van der Waals surface area contributed by atoms with Gasteiger partial charge in [0.15, 0.2) is 0 Å². The third kappa shape index (κ3) is 5.18. The summed E-state index contributed by atoms with van der Waals surface area (Å²) in [6.45, 7) is 2.04. The van der Waals surface area contributed by atoms with Crippen molar-refractivity contribution in [3.8, 4) is 5.75 Å². The molecule has 0 aliphatic carbocycles. The molecule has 21 heavy (non-hydrogen) atoms. The smallest absolute Gasteiger partial charge is 0.130 e. The Kier molecular flexibility index (Phi) is 5.83. The summed E-state index contributed by atoms with van der Waals surface area (Å²) >= 11 is 9.53. The van der Waals surface area contributed by atoms with E-state index in [1.54, 1.807) is 6.92 Å². The van der Waals surface area contributed by atoms with Gasteiger partial charge in [-0.2, -0.15) is 0 Å². The van der Waals surface area contributed by atoms with Crippen molar-refractivity contribution in [2.45, 2.75) is 26.4 Å². The summed E-state index contributed by atoms with van der Waals surface area (Å²) in [5.74, 6) is 1.00. The first kappa shape index (κ1) is 16.1. The molecule has 2 aromatic carbocycles. The van der Waals surface area contributed by atoms with Crippen LogP contribution in [0.5, 0.6) is 5.75 Å². The quantitative estimate of drug-likeness (QED) is 0.701. The average Bonchev–Trinajstić information content (AvgIpc) is 2.45. The number of hydrogen-bond donors (Lipinski definition) is 0. The molecule has 0 atom stereocenters. The van der Waals surface area contributed by atoms with Gasteiger partial charge >= 0.3 is 0 Å². The predicted molar refractivity (Wildman–Crippen MR) is 88.9 cm³/mol. The van der Waals surface area contributed by atoms with Gasteiger partial charge in [0.25, 0.3) is 0 Å². The second-order valence-corrected chi connectivity index (χ2v) is 6.19. The minimum atomic E-state index is 0.209. The van der Waals surface area contributed by atoms with Crippen molar-refractivity contribution in [1.29, 1.82) is 0 Å². The van der Waals surface area contributed by atoms with E-state index in [0.717, 1.165) is 27.8 Å². The first-order valence-electron chi connectivity index (χ1n) is 6.69. The maximum atomic E-state index is 11.0. The molecule has 0 bridgehead atoms. The summed E-state index contributed by atoms with van der Waals surface area (Å²) in [6.07, 6.45) is 1.35. The standard InChI is InChI=1S/C17H16BrClO2/c1-12(20)2-3-13-4-8-16(9-5-13)21-11-14-6-7-15(18)10-17(14)19/h4-10H,2-3,11H2,1H3. The molecular weight excluding hydrogens is 352 g/mol. The Labute approximate surface area is 138 Å². The van der Waals surface area contributed by atoms with Gasteiger partial charge in [-0.3, -0.25) is 0 Å². The zero-order valence-corrected chi connectivity index (χ0v) is 14.1. The van der Waals surface area contributed by atoms with Gasteiger partial charge in [0.1, 0.15) is 18.1 Å². The lowest BCUT2D eigenvalue weighted by Crippen LogP contribution is -1.97. The lowest BCUT2D eigenvalue weighted by molar-refractivity contribution is -0.116. The Morgan fingerprint density at radius 2 is 1.90 bits per heavy atom. The average molecular weight is 368 g/mol. The highest BCUT2D eigenvalue weighted by Gasteiger charge is 2.03. The lowest BCUT2D eigenvalue weighted by atomic mass is 10.1. The van der Waals surface area contributed by atoms with Gasteiger partial charge in [-0.15, -0.1) is 0 Å². The van der Waals surface area contributed by atoms with Crippen LogP contribution in [-0.4, -0.2) is 5.78 Å². The number of hydrogen-bond acceptors (Lipinski definition) is 2. The number of aryl methyl sites for hydroxylation is 1. The van der Waals surface area contributed by atoms with E-state index in [-0.39, 0.29) is 5.78 Å². The van der Waals surface area contributed by atoms with Crippen molar-refractivity contribution in [2.24, 2.45) is 0 Å². The number of ether oxygens (including phenoxy) is 1. The molecule has 2 aromatic rings. The van der Waals surface area contributed by atoms with E-state index in [4.69, 9.17) is 16.3 Å². The lowest BCUT2D eigenvalue weighted by Gasteiger charge is -2.09. The zero-order valence-electron chi connectivity index (χ0n) is 11.7. The highest BCUT2D eigenvalue weighted by atomic mass is 79.9. The molecule has 0 fully saturated rings. The van der Waals surface area contributed by atoms with E-state index in [9.17, 15) is 4.79 Å². The van der Waals surface area contributed by atoms with Crippen LogP contribution >= 0.6 is 27.5 Å². The normalized spacial score (nSPS) is 10.4. The Bertz CT molecular complexity index is 623. The van der Waals surface area contributed by atoms with E-state index >= 15 is 0 Å². The number of carbonyl (C=O) groups excluding carboxylic acids is 1. The summed E-state index contributed by atoms with van der Waals surface area (Å²) < 4.78 is 6.68. The Balaban J connectivity index is 1.92. The fourth-order valence-corrected chi connectivity index (χ4v) is 2.60. The number of rotatable bonds is 6. The molecule has 0 aliphatic rings. The molecular formula is C17H16BrClO2. The Hall–Kier alpha value is -1.32. The molecule has 0 amide bonds. The number of Topliss-reactive ketones (excluding diaryl/α,β-unsaturated/α-hetero) is 1. The van der Waals surface area contributed by atoms with Gasteiger partial charge in [-0.1, -0.05) is 45.7 Å². The second-order valence-electron chi connectivity index (χ2n) is 4.87. The first-order chi connectivity index (χ1) is 10.0. The van der Waals surface area contributed by atoms with E-state index < -0.39 is 0 Å². The molecule has 110 valence electrons. The Morgan fingerprint density at radius 1 is 1.19 bits per heavy atom. The monoisotopic (exact) mass is 366 g/mol. The molecule has 2 nitrogen and oxygen atoms in total. The van der Waals surface area contributed by atoms with Crippen molar-refractivity contribution < 1.29 is 9.53 Å². The van der Waals surface area contributed by atoms with Gasteiger partial charge < -0.3 is 9.53 Å². The summed E-state index contributed by atoms with van der Waals surface area (Å²) in [6, 6.07) is 13.5. The number of carbonyl (C=O) groups is 1. The van der Waals surface area contributed by atoms with Gasteiger partial charge in [-0.25, -0.2) is 0 Å². The molecule has 2 rings (SSSR count). The van der Waals surface area contributed by atoms with Crippen LogP contribution in [0.1, 0.15) is 24.5 Å². The molecule has 0 saturated heterocycles. The molecule has 0 spiro atoms. The van der Waals surface area contributed by atoms with Crippen LogP contribution < -0.4 is 4.74 Å². The van der Waals surface area contributed by atoms with Crippen molar-refractivity contribution in [2.75, 3.05) is 0 Å². The summed E-state index contributed by atoms with van der Waals surface area (Å²) in [5.41, 5.74) is 2.08. The van der Waals surface area contributed by atoms with Crippen molar-refractivity contribution in [3.63, 3.8) is 0 Å². The topological polar surface area (TPSA) is 26.3 Å². The van der Waals surface area contributed by atoms with Crippen LogP contribution in [0.25, 0.3) is 0 Å². The summed E-state index contributed by atoms with van der Waals surface area (Å²) in [4.78, 5) is 11.0. The van der Waals surface area contributed by atoms with E-state index in [1.807, 2.05) is 42.5 Å². The fourth-order valence-electron chi connectivity index (χ4n) is 1.87. The van der Waals surface area contributed by atoms with E-state index in [0.29, 0.717) is 18.1 Å².